The minimum absolute atomic E-state index is 0.267. The first-order valence-corrected chi connectivity index (χ1v) is 5.05. The molecule has 0 aliphatic heterocycles. The van der Waals surface area contributed by atoms with Crippen molar-refractivity contribution in [3.63, 3.8) is 0 Å². The molecule has 1 rings (SSSR count). The number of hydrogen-bond acceptors (Lipinski definition) is 0. The predicted molar refractivity (Wildman–Crippen MR) is 59.7 cm³/mol. The molecule has 0 saturated heterocycles. The molecular weight excluding hydrogens is 156 g/mol. The molecule has 72 valence electrons. The average Bonchev–Trinajstić information content (AvgIpc) is 1.94. The summed E-state index contributed by atoms with van der Waals surface area (Å²) in [6.45, 7) is 8.97. The van der Waals surface area contributed by atoms with Crippen molar-refractivity contribution in [3.8, 4) is 0 Å². The van der Waals surface area contributed by atoms with Crippen molar-refractivity contribution in [3.05, 3.63) is 35.5 Å². The predicted octanol–water partition coefficient (Wildman–Crippen LogP) is 4.26. The molecule has 1 aliphatic rings. The second kappa shape index (κ2) is 3.95. The van der Waals surface area contributed by atoms with E-state index in [2.05, 4.69) is 52.0 Å². The van der Waals surface area contributed by atoms with E-state index < -0.39 is 0 Å². The highest BCUT2D eigenvalue weighted by molar-refractivity contribution is 5.34. The summed E-state index contributed by atoms with van der Waals surface area (Å²) in [7, 11) is 0. The van der Waals surface area contributed by atoms with Crippen LogP contribution in [0.1, 0.15) is 40.5 Å². The van der Waals surface area contributed by atoms with Crippen molar-refractivity contribution in [2.75, 3.05) is 0 Å². The fourth-order valence-corrected chi connectivity index (χ4v) is 1.44. The first kappa shape index (κ1) is 10.3. The summed E-state index contributed by atoms with van der Waals surface area (Å²) < 4.78 is 0. The highest BCUT2D eigenvalue weighted by Crippen LogP contribution is 2.28. The minimum Gasteiger partial charge on any atom is -0.0839 e. The largest absolute Gasteiger partial charge is 0.0839 e. The van der Waals surface area contributed by atoms with Crippen LogP contribution in [0.5, 0.6) is 0 Å². The summed E-state index contributed by atoms with van der Waals surface area (Å²) in [4.78, 5) is 0. The fraction of sp³-hybridized carbons (Fsp3) is 0.538. The molecule has 0 atom stereocenters. The summed E-state index contributed by atoms with van der Waals surface area (Å²) in [6, 6.07) is 0. The van der Waals surface area contributed by atoms with Gasteiger partial charge in [-0.25, -0.2) is 0 Å². The lowest BCUT2D eigenvalue weighted by molar-refractivity contribution is 0.516. The minimum atomic E-state index is 0.267. The molecule has 0 saturated carbocycles. The summed E-state index contributed by atoms with van der Waals surface area (Å²) in [5, 5.41) is 0. The Kier molecular flexibility index (Phi) is 3.13. The lowest BCUT2D eigenvalue weighted by Gasteiger charge is -2.21. The van der Waals surface area contributed by atoms with Crippen molar-refractivity contribution in [2.45, 2.75) is 40.5 Å². The van der Waals surface area contributed by atoms with Crippen LogP contribution in [0.4, 0.5) is 0 Å². The summed E-state index contributed by atoms with van der Waals surface area (Å²) >= 11 is 0. The maximum absolute atomic E-state index is 2.31. The van der Waals surface area contributed by atoms with Crippen LogP contribution in [0, 0.1) is 5.41 Å². The molecule has 0 spiro atoms. The van der Waals surface area contributed by atoms with Gasteiger partial charge in [0, 0.05) is 0 Å². The molecule has 0 unspecified atom stereocenters. The van der Waals surface area contributed by atoms with Gasteiger partial charge in [0.15, 0.2) is 0 Å². The zero-order valence-electron chi connectivity index (χ0n) is 9.22. The zero-order valence-corrected chi connectivity index (χ0v) is 9.22. The molecule has 0 aromatic carbocycles. The van der Waals surface area contributed by atoms with Crippen LogP contribution in [-0.2, 0) is 0 Å². The van der Waals surface area contributed by atoms with Gasteiger partial charge in [0.1, 0.15) is 0 Å². The second-order valence-corrected chi connectivity index (χ2v) is 4.78. The van der Waals surface area contributed by atoms with Gasteiger partial charge in [0.25, 0.3) is 0 Å². The lowest BCUT2D eigenvalue weighted by atomic mass is 9.84. The Morgan fingerprint density at radius 3 is 2.46 bits per heavy atom. The third-order valence-electron chi connectivity index (χ3n) is 2.35. The van der Waals surface area contributed by atoms with E-state index >= 15 is 0 Å². The fourth-order valence-electron chi connectivity index (χ4n) is 1.44. The molecule has 0 N–H and O–H groups in total. The van der Waals surface area contributed by atoms with Crippen molar-refractivity contribution in [2.24, 2.45) is 5.41 Å². The lowest BCUT2D eigenvalue weighted by Crippen LogP contribution is -2.08. The van der Waals surface area contributed by atoms with Gasteiger partial charge in [-0.15, -0.1) is 0 Å². The monoisotopic (exact) mass is 176 g/mol. The van der Waals surface area contributed by atoms with Crippen LogP contribution >= 0.6 is 0 Å². The molecule has 0 fully saturated rings. The standard InChI is InChI=1S/C13H20/c1-11-8-6-5-7-9-12(10-11)13(2,3)4/h7-10H,5-6H2,1-4H3/b9-7+,11-8-,12-10+. The van der Waals surface area contributed by atoms with E-state index in [9.17, 15) is 0 Å². The normalized spacial score (nSPS) is 29.2. The molecule has 0 nitrogen and oxygen atoms in total. The third kappa shape index (κ3) is 3.22. The molecule has 0 heteroatoms. The molecule has 0 aromatic rings. The molecule has 0 amide bonds. The van der Waals surface area contributed by atoms with E-state index in [0.717, 1.165) is 0 Å². The van der Waals surface area contributed by atoms with Gasteiger partial charge in [-0.05, 0) is 30.8 Å². The Balaban J connectivity index is 2.98. The van der Waals surface area contributed by atoms with Crippen LogP contribution in [0.2, 0.25) is 0 Å². The van der Waals surface area contributed by atoms with Crippen LogP contribution in [0.3, 0.4) is 0 Å². The number of hydrogen-bond donors (Lipinski definition) is 0. The van der Waals surface area contributed by atoms with Crippen LogP contribution in [0.25, 0.3) is 0 Å². The summed E-state index contributed by atoms with van der Waals surface area (Å²) in [5.41, 5.74) is 3.10. The molecule has 1 aliphatic carbocycles. The van der Waals surface area contributed by atoms with Crippen LogP contribution in [0.15, 0.2) is 35.5 Å². The Morgan fingerprint density at radius 1 is 1.15 bits per heavy atom. The van der Waals surface area contributed by atoms with E-state index in [0.29, 0.717) is 0 Å². The first-order valence-electron chi connectivity index (χ1n) is 5.05. The third-order valence-corrected chi connectivity index (χ3v) is 2.35. The number of rotatable bonds is 0. The van der Waals surface area contributed by atoms with Gasteiger partial charge in [-0.2, -0.15) is 0 Å². The molecule has 0 heterocycles. The van der Waals surface area contributed by atoms with Crippen molar-refractivity contribution in [1.82, 2.24) is 0 Å². The Morgan fingerprint density at radius 2 is 1.85 bits per heavy atom. The smallest absolute Gasteiger partial charge is 0.0132 e. The van der Waals surface area contributed by atoms with E-state index in [4.69, 9.17) is 0 Å². The van der Waals surface area contributed by atoms with Crippen LogP contribution in [-0.4, -0.2) is 0 Å². The summed E-state index contributed by atoms with van der Waals surface area (Å²) in [6.07, 6.45) is 11.5. The molecular formula is C13H20. The Bertz CT molecular complexity index is 256. The maximum atomic E-state index is 2.31. The van der Waals surface area contributed by atoms with E-state index in [1.54, 1.807) is 0 Å². The second-order valence-electron chi connectivity index (χ2n) is 4.78. The Hall–Kier alpha value is -0.780. The summed E-state index contributed by atoms with van der Waals surface area (Å²) in [5.74, 6) is 0. The van der Waals surface area contributed by atoms with Gasteiger partial charge in [0.2, 0.25) is 0 Å². The van der Waals surface area contributed by atoms with Gasteiger partial charge in [-0.3, -0.25) is 0 Å². The average molecular weight is 176 g/mol. The molecule has 13 heavy (non-hydrogen) atoms. The van der Waals surface area contributed by atoms with Gasteiger partial charge >= 0.3 is 0 Å². The quantitative estimate of drug-likeness (QED) is 0.517. The van der Waals surface area contributed by atoms with Crippen molar-refractivity contribution >= 4 is 0 Å². The van der Waals surface area contributed by atoms with Crippen molar-refractivity contribution in [1.29, 1.82) is 0 Å². The number of allylic oxidation sites excluding steroid dienone is 6. The van der Waals surface area contributed by atoms with E-state index in [1.165, 1.54) is 24.0 Å². The molecule has 0 bridgehead atoms. The molecule has 0 radical (unpaired) electrons. The first-order chi connectivity index (χ1) is 6.00. The molecule has 0 aromatic heterocycles. The highest BCUT2D eigenvalue weighted by atomic mass is 14.2. The topological polar surface area (TPSA) is 0 Å². The SMILES string of the molecule is CC1=C/CC/C=C/C(C(C)(C)C)=C\1. The zero-order chi connectivity index (χ0) is 9.90. The van der Waals surface area contributed by atoms with E-state index in [1.807, 2.05) is 0 Å². The van der Waals surface area contributed by atoms with Gasteiger partial charge in [-0.1, -0.05) is 50.6 Å². The van der Waals surface area contributed by atoms with E-state index in [-0.39, 0.29) is 5.41 Å². The van der Waals surface area contributed by atoms with Gasteiger partial charge < -0.3 is 0 Å². The maximum Gasteiger partial charge on any atom is -0.0132 e. The Labute approximate surface area is 82.0 Å². The van der Waals surface area contributed by atoms with Crippen molar-refractivity contribution < 1.29 is 0 Å². The van der Waals surface area contributed by atoms with Gasteiger partial charge in [0.05, 0.1) is 0 Å². The highest BCUT2D eigenvalue weighted by Gasteiger charge is 2.14. The van der Waals surface area contributed by atoms with Crippen LogP contribution < -0.4 is 0 Å².